The average Bonchev–Trinajstić information content (AvgIpc) is 3.36. The molecule has 3 aromatic rings. The molecule has 0 saturated carbocycles. The molecule has 1 atom stereocenters. The first-order valence-electron chi connectivity index (χ1n) is 12.4. The van der Waals surface area contributed by atoms with Gasteiger partial charge >= 0.3 is 0 Å². The standard InChI is InChI=1S/C26H32N4O5S2/c1-3-34-23-13-12-21(37(32,33)30-14-8-5-9-15-30)17-22(23)27-24(31)18-36-26-29-28-25(35-26)16-19(2)20-10-6-4-7-11-20/h4,6-7,10-13,17,19H,3,5,8-9,14-16,18H2,1-2H3,(H,27,31). The van der Waals surface area contributed by atoms with Crippen LogP contribution < -0.4 is 10.1 Å². The summed E-state index contributed by atoms with van der Waals surface area (Å²) in [5.41, 5.74) is 1.50. The smallest absolute Gasteiger partial charge is 0.277 e. The lowest BCUT2D eigenvalue weighted by Crippen LogP contribution is -2.35. The molecular formula is C26H32N4O5S2. The van der Waals surface area contributed by atoms with Crippen molar-refractivity contribution in [2.24, 2.45) is 0 Å². The fourth-order valence-electron chi connectivity index (χ4n) is 4.16. The second-order valence-electron chi connectivity index (χ2n) is 8.87. The predicted octanol–water partition coefficient (Wildman–Crippen LogP) is 4.72. The van der Waals surface area contributed by atoms with Crippen molar-refractivity contribution in [3.63, 3.8) is 0 Å². The SMILES string of the molecule is CCOc1ccc(S(=O)(=O)N2CCCCC2)cc1NC(=O)CSc1nnc(CC(C)c2ccccc2)o1. The Kier molecular flexibility index (Phi) is 9.23. The van der Waals surface area contributed by atoms with Gasteiger partial charge in [0, 0.05) is 19.5 Å². The first-order valence-corrected chi connectivity index (χ1v) is 14.9. The average molecular weight is 545 g/mol. The van der Waals surface area contributed by atoms with Gasteiger partial charge in [-0.3, -0.25) is 4.79 Å². The fraction of sp³-hybridized carbons (Fsp3) is 0.423. The normalized spacial score (nSPS) is 15.3. The third-order valence-corrected chi connectivity index (χ3v) is 8.82. The van der Waals surface area contributed by atoms with Gasteiger partial charge in [-0.2, -0.15) is 4.31 Å². The van der Waals surface area contributed by atoms with Crippen LogP contribution in [0.15, 0.2) is 63.1 Å². The van der Waals surface area contributed by atoms with E-state index in [1.54, 1.807) is 6.07 Å². The molecule has 1 aromatic heterocycles. The van der Waals surface area contributed by atoms with Crippen LogP contribution in [0.25, 0.3) is 0 Å². The summed E-state index contributed by atoms with van der Waals surface area (Å²) in [6.07, 6.45) is 3.32. The Morgan fingerprint density at radius 3 is 2.62 bits per heavy atom. The zero-order chi connectivity index (χ0) is 26.3. The quantitative estimate of drug-likeness (QED) is 0.345. The number of nitrogens with one attached hydrogen (secondary N) is 1. The molecule has 0 radical (unpaired) electrons. The van der Waals surface area contributed by atoms with Crippen molar-refractivity contribution >= 4 is 33.4 Å². The van der Waals surface area contributed by atoms with E-state index in [9.17, 15) is 13.2 Å². The van der Waals surface area contributed by atoms with Crippen LogP contribution in [0, 0.1) is 0 Å². The fourth-order valence-corrected chi connectivity index (χ4v) is 6.28. The number of piperidine rings is 1. The molecule has 0 spiro atoms. The maximum Gasteiger partial charge on any atom is 0.277 e. The minimum absolute atomic E-state index is 0.0184. The molecule has 1 fully saturated rings. The number of hydrogen-bond acceptors (Lipinski definition) is 8. The van der Waals surface area contributed by atoms with Crippen molar-refractivity contribution in [1.82, 2.24) is 14.5 Å². The highest BCUT2D eigenvalue weighted by molar-refractivity contribution is 7.99. The van der Waals surface area contributed by atoms with Gasteiger partial charge in [0.05, 0.1) is 22.9 Å². The molecule has 9 nitrogen and oxygen atoms in total. The lowest BCUT2D eigenvalue weighted by Gasteiger charge is -2.26. The summed E-state index contributed by atoms with van der Waals surface area (Å²) < 4.78 is 39.1. The van der Waals surface area contributed by atoms with E-state index in [0.29, 0.717) is 48.7 Å². The number of thioether (sulfide) groups is 1. The number of carbonyl (C=O) groups excluding carboxylic acids is 1. The number of aromatic nitrogens is 2. The van der Waals surface area contributed by atoms with Crippen LogP contribution in [0.4, 0.5) is 5.69 Å². The Morgan fingerprint density at radius 1 is 1.14 bits per heavy atom. The summed E-state index contributed by atoms with van der Waals surface area (Å²) in [6, 6.07) is 14.7. The van der Waals surface area contributed by atoms with E-state index in [1.807, 2.05) is 25.1 Å². The maximum atomic E-state index is 13.1. The lowest BCUT2D eigenvalue weighted by atomic mass is 9.98. The Bertz CT molecular complexity index is 1290. The second kappa shape index (κ2) is 12.6. The van der Waals surface area contributed by atoms with Crippen molar-refractivity contribution in [2.75, 3.05) is 30.8 Å². The molecule has 0 bridgehead atoms. The molecular weight excluding hydrogens is 512 g/mol. The van der Waals surface area contributed by atoms with Crippen molar-refractivity contribution in [1.29, 1.82) is 0 Å². The van der Waals surface area contributed by atoms with Crippen molar-refractivity contribution in [3.8, 4) is 5.75 Å². The summed E-state index contributed by atoms with van der Waals surface area (Å²) in [5.74, 6) is 0.816. The third kappa shape index (κ3) is 7.12. The molecule has 0 aliphatic carbocycles. The van der Waals surface area contributed by atoms with Gasteiger partial charge in [0.15, 0.2) is 0 Å². The Labute approximate surface area is 222 Å². The Hall–Kier alpha value is -2.89. The number of rotatable bonds is 11. The van der Waals surface area contributed by atoms with Crippen LogP contribution in [0.5, 0.6) is 5.75 Å². The topological polar surface area (TPSA) is 115 Å². The number of anilines is 1. The molecule has 37 heavy (non-hydrogen) atoms. The van der Waals surface area contributed by atoms with Gasteiger partial charge in [0.2, 0.25) is 21.8 Å². The lowest BCUT2D eigenvalue weighted by molar-refractivity contribution is -0.113. The molecule has 4 rings (SSSR count). The number of amides is 1. The van der Waals surface area contributed by atoms with Crippen LogP contribution in [-0.4, -0.2) is 54.3 Å². The number of nitrogens with zero attached hydrogens (tertiary/aromatic N) is 3. The zero-order valence-electron chi connectivity index (χ0n) is 21.1. The van der Waals surface area contributed by atoms with E-state index in [0.717, 1.165) is 31.0 Å². The summed E-state index contributed by atoms with van der Waals surface area (Å²) in [6.45, 7) is 5.30. The van der Waals surface area contributed by atoms with Crippen molar-refractivity contribution < 1.29 is 22.4 Å². The largest absolute Gasteiger partial charge is 0.492 e. The first kappa shape index (κ1) is 27.2. The van der Waals surface area contributed by atoms with E-state index in [1.165, 1.54) is 22.0 Å². The number of carbonyl (C=O) groups is 1. The van der Waals surface area contributed by atoms with Gasteiger partial charge in [-0.25, -0.2) is 8.42 Å². The molecule has 1 unspecified atom stereocenters. The van der Waals surface area contributed by atoms with Gasteiger partial charge in [-0.15, -0.1) is 10.2 Å². The summed E-state index contributed by atoms with van der Waals surface area (Å²) in [4.78, 5) is 12.9. The van der Waals surface area contributed by atoms with Gasteiger partial charge in [-0.05, 0) is 49.4 Å². The maximum absolute atomic E-state index is 13.1. The van der Waals surface area contributed by atoms with Gasteiger partial charge in [0.1, 0.15) is 5.75 Å². The van der Waals surface area contributed by atoms with Crippen molar-refractivity contribution in [2.45, 2.75) is 55.6 Å². The predicted molar refractivity (Wildman–Crippen MR) is 142 cm³/mol. The molecule has 1 saturated heterocycles. The molecule has 11 heteroatoms. The summed E-state index contributed by atoms with van der Waals surface area (Å²) in [7, 11) is -3.65. The minimum Gasteiger partial charge on any atom is -0.492 e. The summed E-state index contributed by atoms with van der Waals surface area (Å²) >= 11 is 1.12. The molecule has 1 amide bonds. The van der Waals surface area contributed by atoms with Crippen LogP contribution in [0.2, 0.25) is 0 Å². The Morgan fingerprint density at radius 2 is 1.89 bits per heavy atom. The van der Waals surface area contributed by atoms with E-state index < -0.39 is 10.0 Å². The number of sulfonamides is 1. The van der Waals surface area contributed by atoms with Crippen LogP contribution in [0.1, 0.15) is 50.5 Å². The highest BCUT2D eigenvalue weighted by atomic mass is 32.2. The third-order valence-electron chi connectivity index (χ3n) is 6.10. The van der Waals surface area contributed by atoms with E-state index in [-0.39, 0.29) is 22.5 Å². The highest BCUT2D eigenvalue weighted by Crippen LogP contribution is 2.31. The molecule has 1 aliphatic heterocycles. The van der Waals surface area contributed by atoms with Crippen LogP contribution in [0.3, 0.4) is 0 Å². The van der Waals surface area contributed by atoms with Gasteiger partial charge in [-0.1, -0.05) is 55.4 Å². The Balaban J connectivity index is 1.38. The van der Waals surface area contributed by atoms with Crippen molar-refractivity contribution in [3.05, 3.63) is 60.0 Å². The molecule has 2 aromatic carbocycles. The monoisotopic (exact) mass is 544 g/mol. The highest BCUT2D eigenvalue weighted by Gasteiger charge is 2.27. The van der Waals surface area contributed by atoms with Crippen LogP contribution in [-0.2, 0) is 21.2 Å². The van der Waals surface area contributed by atoms with Gasteiger partial charge < -0.3 is 14.5 Å². The zero-order valence-corrected chi connectivity index (χ0v) is 22.7. The molecule has 1 aliphatic rings. The van der Waals surface area contributed by atoms with Crippen LogP contribution >= 0.6 is 11.8 Å². The number of hydrogen-bond donors (Lipinski definition) is 1. The second-order valence-corrected chi connectivity index (χ2v) is 11.7. The van der Waals surface area contributed by atoms with E-state index in [2.05, 4.69) is 34.6 Å². The number of ether oxygens (including phenoxy) is 1. The molecule has 1 N–H and O–H groups in total. The number of benzene rings is 2. The first-order chi connectivity index (χ1) is 17.9. The van der Waals surface area contributed by atoms with E-state index >= 15 is 0 Å². The molecule has 2 heterocycles. The van der Waals surface area contributed by atoms with Gasteiger partial charge in [0.25, 0.3) is 5.22 Å². The van der Waals surface area contributed by atoms with E-state index in [4.69, 9.17) is 9.15 Å². The molecule has 198 valence electrons. The minimum atomic E-state index is -3.65. The summed E-state index contributed by atoms with van der Waals surface area (Å²) in [5, 5.41) is 11.2.